The smallest absolute Gasteiger partial charge is 0.277 e. The van der Waals surface area contributed by atoms with Gasteiger partial charge in [-0.1, -0.05) is 30.0 Å². The fourth-order valence-electron chi connectivity index (χ4n) is 2.71. The third-order valence-electron chi connectivity index (χ3n) is 4.38. The molecule has 3 rings (SSSR count). The number of nitrogens with zero attached hydrogens (tertiary/aromatic N) is 2. The largest absolute Gasteiger partial charge is 0.483 e. The van der Waals surface area contributed by atoms with Gasteiger partial charge in [-0.25, -0.2) is 0 Å². The maximum absolute atomic E-state index is 12.3. The summed E-state index contributed by atoms with van der Waals surface area (Å²) in [6.07, 6.45) is 0. The molecular formula is C21H22BrN3O3S. The Bertz CT molecular complexity index is 1020. The Labute approximate surface area is 182 Å². The highest BCUT2D eigenvalue weighted by Crippen LogP contribution is 2.27. The van der Waals surface area contributed by atoms with Gasteiger partial charge in [-0.3, -0.25) is 4.79 Å². The summed E-state index contributed by atoms with van der Waals surface area (Å²) in [5.74, 6) is 1.20. The quantitative estimate of drug-likeness (QED) is 0.462. The molecule has 2 aromatic carbocycles. The van der Waals surface area contributed by atoms with Crippen molar-refractivity contribution in [3.63, 3.8) is 0 Å². The zero-order valence-electron chi connectivity index (χ0n) is 16.7. The van der Waals surface area contributed by atoms with E-state index in [2.05, 4.69) is 31.4 Å². The van der Waals surface area contributed by atoms with Crippen LogP contribution in [-0.4, -0.2) is 21.9 Å². The number of benzene rings is 2. The van der Waals surface area contributed by atoms with Crippen LogP contribution in [0.5, 0.6) is 5.75 Å². The van der Waals surface area contributed by atoms with Crippen LogP contribution in [0.4, 0.5) is 5.69 Å². The third kappa shape index (κ3) is 5.61. The molecule has 29 heavy (non-hydrogen) atoms. The maximum Gasteiger partial charge on any atom is 0.277 e. The first kappa shape index (κ1) is 21.4. The van der Waals surface area contributed by atoms with Crippen LogP contribution < -0.4 is 10.1 Å². The molecule has 1 amide bonds. The lowest BCUT2D eigenvalue weighted by molar-refractivity contribution is -0.113. The third-order valence-corrected chi connectivity index (χ3v) is 5.86. The molecule has 1 heterocycles. The minimum atomic E-state index is -0.148. The van der Waals surface area contributed by atoms with E-state index in [0.717, 1.165) is 38.2 Å². The summed E-state index contributed by atoms with van der Waals surface area (Å²) in [6, 6.07) is 9.89. The summed E-state index contributed by atoms with van der Waals surface area (Å²) in [6.45, 7) is 8.19. The molecule has 0 aliphatic rings. The minimum absolute atomic E-state index is 0.148. The molecule has 152 valence electrons. The van der Waals surface area contributed by atoms with E-state index in [1.807, 2.05) is 58.0 Å². The number of para-hydroxylation sites is 1. The van der Waals surface area contributed by atoms with Crippen LogP contribution in [0.2, 0.25) is 0 Å². The van der Waals surface area contributed by atoms with Crippen LogP contribution in [-0.2, 0) is 11.4 Å². The number of hydrogen-bond donors (Lipinski definition) is 1. The van der Waals surface area contributed by atoms with Crippen molar-refractivity contribution in [3.8, 4) is 5.75 Å². The van der Waals surface area contributed by atoms with Crippen molar-refractivity contribution in [2.24, 2.45) is 0 Å². The van der Waals surface area contributed by atoms with Crippen molar-refractivity contribution in [1.82, 2.24) is 10.2 Å². The van der Waals surface area contributed by atoms with Crippen molar-refractivity contribution in [3.05, 3.63) is 62.9 Å². The lowest BCUT2D eigenvalue weighted by Crippen LogP contribution is -2.14. The van der Waals surface area contributed by atoms with Gasteiger partial charge in [0.15, 0.2) is 6.61 Å². The maximum atomic E-state index is 12.3. The van der Waals surface area contributed by atoms with Gasteiger partial charge >= 0.3 is 0 Å². The highest BCUT2D eigenvalue weighted by Gasteiger charge is 2.13. The normalized spacial score (nSPS) is 10.8. The van der Waals surface area contributed by atoms with E-state index in [1.54, 1.807) is 0 Å². The van der Waals surface area contributed by atoms with E-state index in [1.165, 1.54) is 11.8 Å². The first-order valence-corrected chi connectivity index (χ1v) is 10.8. The molecule has 0 aliphatic carbocycles. The summed E-state index contributed by atoms with van der Waals surface area (Å²) in [5, 5.41) is 11.2. The molecule has 0 spiro atoms. The summed E-state index contributed by atoms with van der Waals surface area (Å²) >= 11 is 4.67. The second-order valence-electron chi connectivity index (χ2n) is 6.72. The van der Waals surface area contributed by atoms with E-state index in [9.17, 15) is 4.79 Å². The molecule has 3 aromatic rings. The SMILES string of the molecule is Cc1cc(Br)c(NC(=O)CSc2nnc(COc3c(C)cccc3C)o2)cc1C. The Morgan fingerprint density at radius 1 is 1.10 bits per heavy atom. The highest BCUT2D eigenvalue weighted by molar-refractivity contribution is 9.10. The average Bonchev–Trinajstić information content (AvgIpc) is 3.12. The van der Waals surface area contributed by atoms with Gasteiger partial charge in [0.25, 0.3) is 11.1 Å². The number of carbonyl (C=O) groups excluding carboxylic acids is 1. The number of thioether (sulfide) groups is 1. The lowest BCUT2D eigenvalue weighted by Gasteiger charge is -2.10. The van der Waals surface area contributed by atoms with E-state index in [4.69, 9.17) is 9.15 Å². The monoisotopic (exact) mass is 475 g/mol. The van der Waals surface area contributed by atoms with E-state index in [0.29, 0.717) is 11.1 Å². The number of aromatic nitrogens is 2. The van der Waals surface area contributed by atoms with Crippen molar-refractivity contribution < 1.29 is 13.9 Å². The van der Waals surface area contributed by atoms with Crippen LogP contribution in [0, 0.1) is 27.7 Å². The van der Waals surface area contributed by atoms with Gasteiger partial charge in [0, 0.05) is 4.47 Å². The summed E-state index contributed by atoms with van der Waals surface area (Å²) in [4.78, 5) is 12.3. The zero-order chi connectivity index (χ0) is 21.0. The van der Waals surface area contributed by atoms with Gasteiger partial charge in [0.1, 0.15) is 5.75 Å². The van der Waals surface area contributed by atoms with Gasteiger partial charge in [-0.15, -0.1) is 10.2 Å². The Balaban J connectivity index is 1.53. The number of carbonyl (C=O) groups is 1. The van der Waals surface area contributed by atoms with Crippen LogP contribution in [0.15, 0.2) is 44.4 Å². The Kier molecular flexibility index (Phi) is 6.97. The second-order valence-corrected chi connectivity index (χ2v) is 8.51. The number of amides is 1. The fourth-order valence-corrected chi connectivity index (χ4v) is 3.84. The van der Waals surface area contributed by atoms with E-state index >= 15 is 0 Å². The number of rotatable bonds is 7. The number of nitrogens with one attached hydrogen (secondary N) is 1. The van der Waals surface area contributed by atoms with Crippen LogP contribution in [0.3, 0.4) is 0 Å². The molecule has 0 saturated carbocycles. The first-order valence-electron chi connectivity index (χ1n) is 9.04. The Morgan fingerprint density at radius 2 is 1.79 bits per heavy atom. The molecule has 1 N–H and O–H groups in total. The molecule has 1 aromatic heterocycles. The Morgan fingerprint density at radius 3 is 2.52 bits per heavy atom. The standard InChI is InChI=1S/C21H22BrN3O3S/c1-12-6-5-7-13(2)20(12)27-10-19-24-25-21(28-19)29-11-18(26)23-17-9-15(4)14(3)8-16(17)22/h5-9H,10-11H2,1-4H3,(H,23,26). The molecule has 0 unspecified atom stereocenters. The summed E-state index contributed by atoms with van der Waals surface area (Å²) in [7, 11) is 0. The fraction of sp³-hybridized carbons (Fsp3) is 0.286. The number of halogens is 1. The molecule has 0 radical (unpaired) electrons. The zero-order valence-corrected chi connectivity index (χ0v) is 19.1. The lowest BCUT2D eigenvalue weighted by atomic mass is 10.1. The van der Waals surface area contributed by atoms with Crippen LogP contribution >= 0.6 is 27.7 Å². The van der Waals surface area contributed by atoms with Gasteiger partial charge in [-0.2, -0.15) is 0 Å². The van der Waals surface area contributed by atoms with E-state index in [-0.39, 0.29) is 18.3 Å². The van der Waals surface area contributed by atoms with Crippen LogP contribution in [0.1, 0.15) is 28.1 Å². The molecule has 0 atom stereocenters. The predicted molar refractivity (Wildman–Crippen MR) is 118 cm³/mol. The van der Waals surface area contributed by atoms with Gasteiger partial charge in [0.05, 0.1) is 11.4 Å². The molecule has 0 saturated heterocycles. The molecule has 0 fully saturated rings. The first-order chi connectivity index (χ1) is 13.8. The molecular weight excluding hydrogens is 454 g/mol. The van der Waals surface area contributed by atoms with Crippen LogP contribution in [0.25, 0.3) is 0 Å². The van der Waals surface area contributed by atoms with Crippen molar-refractivity contribution in [1.29, 1.82) is 0 Å². The Hall–Kier alpha value is -2.32. The van der Waals surface area contributed by atoms with Crippen molar-refractivity contribution >= 4 is 39.3 Å². The number of aryl methyl sites for hydroxylation is 4. The van der Waals surface area contributed by atoms with Gasteiger partial charge < -0.3 is 14.5 Å². The van der Waals surface area contributed by atoms with Gasteiger partial charge in [-0.05, 0) is 78.0 Å². The summed E-state index contributed by atoms with van der Waals surface area (Å²) in [5.41, 5.74) is 5.11. The average molecular weight is 476 g/mol. The molecule has 0 bridgehead atoms. The minimum Gasteiger partial charge on any atom is -0.483 e. The van der Waals surface area contributed by atoms with Gasteiger partial charge in [0.2, 0.25) is 5.91 Å². The topological polar surface area (TPSA) is 77.2 Å². The van der Waals surface area contributed by atoms with E-state index < -0.39 is 0 Å². The van der Waals surface area contributed by atoms with Crippen molar-refractivity contribution in [2.45, 2.75) is 39.5 Å². The number of hydrogen-bond acceptors (Lipinski definition) is 6. The van der Waals surface area contributed by atoms with Crippen molar-refractivity contribution in [2.75, 3.05) is 11.1 Å². The highest BCUT2D eigenvalue weighted by atomic mass is 79.9. The predicted octanol–water partition coefficient (Wildman–Crippen LogP) is 5.38. The number of ether oxygens (including phenoxy) is 1. The molecule has 0 aliphatic heterocycles. The summed E-state index contributed by atoms with van der Waals surface area (Å²) < 4.78 is 12.2. The second kappa shape index (κ2) is 9.45. The molecule has 6 nitrogen and oxygen atoms in total. The number of anilines is 1. The molecule has 8 heteroatoms.